The van der Waals surface area contributed by atoms with Gasteiger partial charge in [-0.05, 0) is 50.7 Å². The van der Waals surface area contributed by atoms with Crippen LogP contribution in [-0.2, 0) is 15.0 Å². The van der Waals surface area contributed by atoms with Crippen molar-refractivity contribution in [3.63, 3.8) is 0 Å². The molecule has 1 amide bonds. The molecular formula is C23H35NO3. The van der Waals surface area contributed by atoms with Crippen molar-refractivity contribution in [1.82, 2.24) is 0 Å². The van der Waals surface area contributed by atoms with Gasteiger partial charge in [0.1, 0.15) is 0 Å². The van der Waals surface area contributed by atoms with Gasteiger partial charge in [-0.1, -0.05) is 64.2 Å². The lowest BCUT2D eigenvalue weighted by molar-refractivity contribution is -0.142. The molecule has 0 spiro atoms. The summed E-state index contributed by atoms with van der Waals surface area (Å²) in [5, 5.41) is 12.8. The van der Waals surface area contributed by atoms with Gasteiger partial charge in [0.05, 0.1) is 5.41 Å². The maximum atomic E-state index is 13.4. The summed E-state index contributed by atoms with van der Waals surface area (Å²) < 4.78 is 0. The van der Waals surface area contributed by atoms with Crippen LogP contribution in [0, 0.1) is 11.3 Å². The molecule has 1 fully saturated rings. The van der Waals surface area contributed by atoms with Crippen LogP contribution in [0.4, 0.5) is 5.69 Å². The number of amides is 1. The SMILES string of the molecule is CCC(CC)CC1(C(=O)Nc2ccccc2C(C)(C)C(=O)O)CCCCC1. The number of carboxylic acids is 1. The zero-order valence-corrected chi connectivity index (χ0v) is 17.3. The number of benzene rings is 1. The molecule has 27 heavy (non-hydrogen) atoms. The summed E-state index contributed by atoms with van der Waals surface area (Å²) in [6.07, 6.45) is 8.35. The van der Waals surface area contributed by atoms with Gasteiger partial charge in [0.25, 0.3) is 0 Å². The summed E-state index contributed by atoms with van der Waals surface area (Å²) in [6, 6.07) is 7.31. The topological polar surface area (TPSA) is 66.4 Å². The van der Waals surface area contributed by atoms with Gasteiger partial charge >= 0.3 is 5.97 Å². The molecule has 150 valence electrons. The van der Waals surface area contributed by atoms with Gasteiger partial charge < -0.3 is 10.4 Å². The van der Waals surface area contributed by atoms with Crippen LogP contribution in [0.2, 0.25) is 0 Å². The number of anilines is 1. The Hall–Kier alpha value is -1.84. The third kappa shape index (κ3) is 4.72. The lowest BCUT2D eigenvalue weighted by Crippen LogP contribution is -2.40. The highest BCUT2D eigenvalue weighted by molar-refractivity contribution is 5.97. The molecule has 2 rings (SSSR count). The monoisotopic (exact) mass is 373 g/mol. The van der Waals surface area contributed by atoms with Crippen molar-refractivity contribution >= 4 is 17.6 Å². The molecule has 4 nitrogen and oxygen atoms in total. The zero-order chi connectivity index (χ0) is 20.1. The molecule has 1 aliphatic carbocycles. The van der Waals surface area contributed by atoms with E-state index >= 15 is 0 Å². The molecule has 0 unspecified atom stereocenters. The van der Waals surface area contributed by atoms with E-state index in [0.29, 0.717) is 17.2 Å². The molecule has 0 atom stereocenters. The predicted molar refractivity (Wildman–Crippen MR) is 110 cm³/mol. The van der Waals surface area contributed by atoms with Crippen LogP contribution in [0.5, 0.6) is 0 Å². The molecule has 1 aromatic carbocycles. The minimum absolute atomic E-state index is 0.0720. The Balaban J connectivity index is 2.32. The fraction of sp³-hybridized carbons (Fsp3) is 0.652. The first kappa shape index (κ1) is 21.5. The van der Waals surface area contributed by atoms with Gasteiger partial charge in [-0.2, -0.15) is 0 Å². The largest absolute Gasteiger partial charge is 0.481 e. The van der Waals surface area contributed by atoms with Gasteiger partial charge in [-0.25, -0.2) is 0 Å². The van der Waals surface area contributed by atoms with Crippen molar-refractivity contribution in [2.75, 3.05) is 5.32 Å². The zero-order valence-electron chi connectivity index (χ0n) is 17.3. The average molecular weight is 374 g/mol. The molecule has 0 radical (unpaired) electrons. The minimum Gasteiger partial charge on any atom is -0.481 e. The molecule has 1 saturated carbocycles. The average Bonchev–Trinajstić information content (AvgIpc) is 2.67. The van der Waals surface area contributed by atoms with E-state index in [2.05, 4.69) is 19.2 Å². The standard InChI is InChI=1S/C23H35NO3/c1-5-17(6-2)16-23(14-10-7-11-15-23)20(25)24-19-13-9-8-12-18(19)22(3,4)21(26)27/h8-9,12-13,17H,5-7,10-11,14-16H2,1-4H3,(H,24,25)(H,26,27). The molecule has 1 aromatic rings. The van der Waals surface area contributed by atoms with E-state index in [0.717, 1.165) is 44.9 Å². The Kier molecular flexibility index (Phi) is 7.07. The quantitative estimate of drug-likeness (QED) is 0.608. The minimum atomic E-state index is -1.06. The van der Waals surface area contributed by atoms with Gasteiger partial charge in [-0.15, -0.1) is 0 Å². The van der Waals surface area contributed by atoms with Crippen molar-refractivity contribution in [3.05, 3.63) is 29.8 Å². The maximum Gasteiger partial charge on any atom is 0.313 e. The van der Waals surface area contributed by atoms with E-state index in [4.69, 9.17) is 0 Å². The lowest BCUT2D eigenvalue weighted by atomic mass is 9.67. The van der Waals surface area contributed by atoms with Crippen LogP contribution >= 0.6 is 0 Å². The molecule has 0 saturated heterocycles. The predicted octanol–water partition coefficient (Wildman–Crippen LogP) is 5.76. The summed E-state index contributed by atoms with van der Waals surface area (Å²) in [5.41, 5.74) is -0.0993. The van der Waals surface area contributed by atoms with Crippen molar-refractivity contribution in [2.45, 2.75) is 84.5 Å². The van der Waals surface area contributed by atoms with Crippen LogP contribution < -0.4 is 5.32 Å². The maximum absolute atomic E-state index is 13.4. The second-order valence-electron chi connectivity index (χ2n) is 8.66. The lowest BCUT2D eigenvalue weighted by Gasteiger charge is -2.38. The number of hydrogen-bond acceptors (Lipinski definition) is 2. The first-order valence-corrected chi connectivity index (χ1v) is 10.4. The Bertz CT molecular complexity index is 655. The highest BCUT2D eigenvalue weighted by Gasteiger charge is 2.41. The Morgan fingerprint density at radius 2 is 1.70 bits per heavy atom. The molecule has 1 aliphatic rings. The van der Waals surface area contributed by atoms with Crippen LogP contribution in [-0.4, -0.2) is 17.0 Å². The second-order valence-corrected chi connectivity index (χ2v) is 8.66. The van der Waals surface area contributed by atoms with Gasteiger partial charge in [0.15, 0.2) is 0 Å². The molecule has 0 aliphatic heterocycles. The van der Waals surface area contributed by atoms with E-state index < -0.39 is 11.4 Å². The number of para-hydroxylation sites is 1. The van der Waals surface area contributed by atoms with Crippen molar-refractivity contribution < 1.29 is 14.7 Å². The summed E-state index contributed by atoms with van der Waals surface area (Å²) in [5.74, 6) is -0.268. The highest BCUT2D eigenvalue weighted by Crippen LogP contribution is 2.44. The fourth-order valence-electron chi connectivity index (χ4n) is 4.39. The molecular weight excluding hydrogens is 338 g/mol. The van der Waals surface area contributed by atoms with Crippen molar-refractivity contribution in [3.8, 4) is 0 Å². The number of carbonyl (C=O) groups is 2. The van der Waals surface area contributed by atoms with Crippen LogP contribution in [0.25, 0.3) is 0 Å². The number of rotatable bonds is 8. The highest BCUT2D eigenvalue weighted by atomic mass is 16.4. The normalized spacial score (nSPS) is 16.9. The van der Waals surface area contributed by atoms with Gasteiger partial charge in [0.2, 0.25) is 5.91 Å². The third-order valence-corrected chi connectivity index (χ3v) is 6.51. The van der Waals surface area contributed by atoms with Gasteiger partial charge in [0, 0.05) is 11.1 Å². The Morgan fingerprint density at radius 3 is 2.26 bits per heavy atom. The summed E-state index contributed by atoms with van der Waals surface area (Å²) in [4.78, 5) is 25.2. The van der Waals surface area contributed by atoms with Crippen molar-refractivity contribution in [2.24, 2.45) is 11.3 Å². The Labute approximate surface area is 163 Å². The second kappa shape index (κ2) is 8.90. The Morgan fingerprint density at radius 1 is 1.11 bits per heavy atom. The number of hydrogen-bond donors (Lipinski definition) is 2. The summed E-state index contributed by atoms with van der Waals surface area (Å²) in [7, 11) is 0. The summed E-state index contributed by atoms with van der Waals surface area (Å²) >= 11 is 0. The molecule has 0 bridgehead atoms. The molecule has 2 N–H and O–H groups in total. The smallest absolute Gasteiger partial charge is 0.313 e. The summed E-state index contributed by atoms with van der Waals surface area (Å²) in [6.45, 7) is 7.77. The first-order chi connectivity index (χ1) is 12.8. The van der Waals surface area contributed by atoms with Crippen molar-refractivity contribution in [1.29, 1.82) is 0 Å². The first-order valence-electron chi connectivity index (χ1n) is 10.4. The van der Waals surface area contributed by atoms with E-state index in [1.165, 1.54) is 6.42 Å². The number of carbonyl (C=O) groups excluding carboxylic acids is 1. The fourth-order valence-corrected chi connectivity index (χ4v) is 4.39. The van der Waals surface area contributed by atoms with Crippen LogP contribution in [0.15, 0.2) is 24.3 Å². The third-order valence-electron chi connectivity index (χ3n) is 6.51. The van der Waals surface area contributed by atoms with E-state index in [1.54, 1.807) is 19.9 Å². The van der Waals surface area contributed by atoms with Crippen LogP contribution in [0.3, 0.4) is 0 Å². The van der Waals surface area contributed by atoms with Gasteiger partial charge in [-0.3, -0.25) is 9.59 Å². The molecule has 0 heterocycles. The van der Waals surface area contributed by atoms with E-state index in [1.807, 2.05) is 18.2 Å². The number of aliphatic carboxylic acids is 1. The number of nitrogens with one attached hydrogen (secondary N) is 1. The van der Waals surface area contributed by atoms with E-state index in [-0.39, 0.29) is 11.3 Å². The number of carboxylic acid groups (broad SMARTS) is 1. The molecule has 0 aromatic heterocycles. The molecule has 4 heteroatoms. The van der Waals surface area contributed by atoms with E-state index in [9.17, 15) is 14.7 Å². The van der Waals surface area contributed by atoms with Crippen LogP contribution in [0.1, 0.15) is 84.6 Å².